The molecule has 0 bridgehead atoms. The molecule has 1 atom stereocenters. The van der Waals surface area contributed by atoms with Gasteiger partial charge in [0.1, 0.15) is 0 Å². The third-order valence-corrected chi connectivity index (χ3v) is 4.98. The van der Waals surface area contributed by atoms with E-state index in [1.54, 1.807) is 13.1 Å². The molecule has 0 aliphatic carbocycles. The third kappa shape index (κ3) is 7.02. The first-order valence-corrected chi connectivity index (χ1v) is 10.0. The first-order valence-electron chi connectivity index (χ1n) is 10.0. The number of rotatable bonds is 8. The van der Waals surface area contributed by atoms with Crippen LogP contribution in [0.5, 0.6) is 0 Å². The highest BCUT2D eigenvalue weighted by molar-refractivity contribution is 5.94. The minimum atomic E-state index is 0.0491. The van der Waals surface area contributed by atoms with Gasteiger partial charge in [0, 0.05) is 11.5 Å². The van der Waals surface area contributed by atoms with Crippen LogP contribution in [-0.2, 0) is 20.8 Å². The zero-order valence-corrected chi connectivity index (χ0v) is 18.1. The van der Waals surface area contributed by atoms with Crippen molar-refractivity contribution in [3.05, 3.63) is 106 Å². The van der Waals surface area contributed by atoms with Crippen molar-refractivity contribution in [3.8, 4) is 0 Å². The fourth-order valence-corrected chi connectivity index (χ4v) is 3.38. The second-order valence-corrected chi connectivity index (χ2v) is 7.11. The molecular weight excluding hydrogens is 404 g/mol. The van der Waals surface area contributed by atoms with E-state index < -0.39 is 0 Å². The summed E-state index contributed by atoms with van der Waals surface area (Å²) < 4.78 is 0. The molecule has 0 aliphatic heterocycles. The number of hydrogen-bond donors (Lipinski definition) is 1. The number of ketones is 1. The topological polar surface area (TPSA) is 98.8 Å². The summed E-state index contributed by atoms with van der Waals surface area (Å²) in [5, 5.41) is 3.68. The smallest absolute Gasteiger partial charge is 0.323 e. The van der Waals surface area contributed by atoms with Gasteiger partial charge in [0.25, 0.3) is 0 Å². The molecule has 0 radical (unpaired) electrons. The maximum Gasteiger partial charge on any atom is 0.323 e. The second-order valence-electron chi connectivity index (χ2n) is 7.11. The lowest BCUT2D eigenvalue weighted by molar-refractivity contribution is -0.128. The van der Waals surface area contributed by atoms with Crippen LogP contribution < -0.4 is 5.73 Å². The Bertz CT molecular complexity index is 1080. The first kappa shape index (κ1) is 24.2. The molecule has 3 aromatic rings. The van der Waals surface area contributed by atoms with E-state index in [-0.39, 0.29) is 18.1 Å². The van der Waals surface area contributed by atoms with Crippen LogP contribution in [0.1, 0.15) is 51.0 Å². The average Bonchev–Trinajstić information content (AvgIpc) is 2.80. The molecule has 0 spiro atoms. The van der Waals surface area contributed by atoms with Gasteiger partial charge in [-0.2, -0.15) is 0 Å². The molecule has 0 heterocycles. The van der Waals surface area contributed by atoms with Gasteiger partial charge < -0.3 is 10.6 Å². The Morgan fingerprint density at radius 1 is 1.00 bits per heavy atom. The molecule has 3 aromatic carbocycles. The fourth-order valence-electron chi connectivity index (χ4n) is 3.38. The van der Waals surface area contributed by atoms with Crippen molar-refractivity contribution in [2.24, 2.45) is 10.9 Å². The summed E-state index contributed by atoms with van der Waals surface area (Å²) in [7, 11) is 0. The molecule has 0 saturated heterocycles. The molecule has 2 N–H and O–H groups in total. The maximum atomic E-state index is 11.9. The molecule has 6 heteroatoms. The highest BCUT2D eigenvalue weighted by atomic mass is 16.7. The van der Waals surface area contributed by atoms with Crippen LogP contribution >= 0.6 is 0 Å². The van der Waals surface area contributed by atoms with E-state index in [9.17, 15) is 9.59 Å². The zero-order valence-electron chi connectivity index (χ0n) is 18.1. The number of oxime groups is 1. The number of aryl methyl sites for hydroxylation is 1. The molecule has 0 aromatic heterocycles. The van der Waals surface area contributed by atoms with Crippen molar-refractivity contribution in [2.45, 2.75) is 26.2 Å². The number of amides is 1. The minimum Gasteiger partial charge on any atom is -0.372 e. The van der Waals surface area contributed by atoms with Crippen molar-refractivity contribution in [1.29, 1.82) is 0 Å². The van der Waals surface area contributed by atoms with Crippen LogP contribution in [0.3, 0.4) is 0 Å². The first-order chi connectivity index (χ1) is 15.5. The van der Waals surface area contributed by atoms with E-state index in [2.05, 4.69) is 46.1 Å². The van der Waals surface area contributed by atoms with Gasteiger partial charge in [-0.15, -0.1) is 0 Å². The highest BCUT2D eigenvalue weighted by Crippen LogP contribution is 2.30. The van der Waals surface area contributed by atoms with Crippen LogP contribution in [0.2, 0.25) is 0 Å². The van der Waals surface area contributed by atoms with Crippen LogP contribution in [-0.4, -0.2) is 24.9 Å². The van der Waals surface area contributed by atoms with Gasteiger partial charge in [0.05, 0.1) is 6.21 Å². The van der Waals surface area contributed by atoms with Crippen molar-refractivity contribution < 1.29 is 19.2 Å². The van der Waals surface area contributed by atoms with Gasteiger partial charge in [0.2, 0.25) is 6.41 Å². The van der Waals surface area contributed by atoms with Gasteiger partial charge in [-0.25, -0.2) is 0 Å². The van der Waals surface area contributed by atoms with E-state index >= 15 is 0 Å². The predicted octanol–water partition coefficient (Wildman–Crippen LogP) is 4.18. The van der Waals surface area contributed by atoms with Crippen LogP contribution in [0.4, 0.5) is 0 Å². The molecule has 32 heavy (non-hydrogen) atoms. The van der Waals surface area contributed by atoms with E-state index in [0.717, 1.165) is 28.7 Å². The molecule has 0 aliphatic rings. The van der Waals surface area contributed by atoms with Crippen LogP contribution in [0.25, 0.3) is 0 Å². The van der Waals surface area contributed by atoms with E-state index in [0.29, 0.717) is 12.0 Å². The predicted molar refractivity (Wildman–Crippen MR) is 125 cm³/mol. The summed E-state index contributed by atoms with van der Waals surface area (Å²) in [6.45, 7) is 3.86. The molecule has 3 rings (SSSR count). The number of hydrogen-bond acceptors (Lipinski definition) is 5. The number of benzene rings is 3. The molecule has 0 fully saturated rings. The van der Waals surface area contributed by atoms with Gasteiger partial charge in [0.15, 0.2) is 5.78 Å². The lowest BCUT2D eigenvalue weighted by Gasteiger charge is -2.20. The van der Waals surface area contributed by atoms with Gasteiger partial charge in [-0.1, -0.05) is 65.8 Å². The quantitative estimate of drug-likeness (QED) is 0.190. The Hall–Kier alpha value is -4.06. The van der Waals surface area contributed by atoms with Gasteiger partial charge in [-0.05, 0) is 60.2 Å². The lowest BCUT2D eigenvalue weighted by Crippen LogP contribution is -2.07. The second kappa shape index (κ2) is 12.6. The Balaban J connectivity index is 0.00000114. The van der Waals surface area contributed by atoms with Crippen molar-refractivity contribution in [3.63, 3.8) is 0 Å². The van der Waals surface area contributed by atoms with Crippen LogP contribution in [0, 0.1) is 6.92 Å². The molecular formula is C26H26N2O4. The molecule has 1 unspecified atom stereocenters. The molecule has 1 amide bonds. The number of Topliss-reactive ketones (excluding diaryl/α,β-unsaturated/α-hetero) is 1. The SMILES string of the molecule is CC(=O)c1cccc(C(Cc2ccccc2)c2ccc(C)c(/C=N\OC=O)c2)c1.NC=O. The fraction of sp³-hybridized carbons (Fsp3) is 0.154. The lowest BCUT2D eigenvalue weighted by atomic mass is 9.84. The Labute approximate surface area is 187 Å². The molecule has 6 nitrogen and oxygen atoms in total. The number of nitrogens with zero attached hydrogens (tertiary/aromatic N) is 1. The standard InChI is InChI=1S/C25H23NO3.CH3NO/c1-18-11-12-23(15-24(18)16-26-29-17-27)25(13-20-7-4-3-5-8-20)22-10-6-9-21(14-22)19(2)28;2-1-3/h3-12,14-17,25H,13H2,1-2H3;1H,(H2,2,3)/b26-16-;. The number of carbonyl (C=O) groups excluding carboxylic acids is 3. The minimum absolute atomic E-state index is 0.0491. The summed E-state index contributed by atoms with van der Waals surface area (Å²) in [5.74, 6) is 0.115. The normalized spacial score (nSPS) is 11.2. The summed E-state index contributed by atoms with van der Waals surface area (Å²) in [4.78, 5) is 35.3. The summed E-state index contributed by atoms with van der Waals surface area (Å²) in [5.41, 5.74) is 10.2. The van der Waals surface area contributed by atoms with Crippen molar-refractivity contribution in [1.82, 2.24) is 0 Å². The zero-order chi connectivity index (χ0) is 23.3. The van der Waals surface area contributed by atoms with Crippen molar-refractivity contribution >= 4 is 24.9 Å². The number of primary amides is 1. The third-order valence-electron chi connectivity index (χ3n) is 4.98. The summed E-state index contributed by atoms with van der Waals surface area (Å²) in [6.07, 6.45) is 2.59. The Kier molecular flexibility index (Phi) is 9.53. The van der Waals surface area contributed by atoms with Crippen LogP contribution in [0.15, 0.2) is 78.0 Å². The number of nitrogens with two attached hydrogens (primary N) is 1. The van der Waals surface area contributed by atoms with Gasteiger partial charge >= 0.3 is 6.47 Å². The van der Waals surface area contributed by atoms with E-state index in [1.165, 1.54) is 5.56 Å². The summed E-state index contributed by atoms with van der Waals surface area (Å²) in [6, 6.07) is 24.3. The number of carbonyl (C=O) groups is 3. The monoisotopic (exact) mass is 430 g/mol. The highest BCUT2D eigenvalue weighted by Gasteiger charge is 2.17. The summed E-state index contributed by atoms with van der Waals surface area (Å²) >= 11 is 0. The molecule has 164 valence electrons. The largest absolute Gasteiger partial charge is 0.372 e. The van der Waals surface area contributed by atoms with Gasteiger partial charge in [-0.3, -0.25) is 14.4 Å². The average molecular weight is 431 g/mol. The Morgan fingerprint density at radius 3 is 2.34 bits per heavy atom. The van der Waals surface area contributed by atoms with Crippen molar-refractivity contribution in [2.75, 3.05) is 0 Å². The maximum absolute atomic E-state index is 11.9. The van der Waals surface area contributed by atoms with E-state index in [4.69, 9.17) is 4.79 Å². The molecule has 0 saturated carbocycles. The van der Waals surface area contributed by atoms with E-state index in [1.807, 2.05) is 49.4 Å². The Morgan fingerprint density at radius 2 is 1.69 bits per heavy atom.